The highest BCUT2D eigenvalue weighted by atomic mass is 35.5. The predicted octanol–water partition coefficient (Wildman–Crippen LogP) is 12.0. The second-order valence-electron chi connectivity index (χ2n) is 27.8. The lowest BCUT2D eigenvalue weighted by Gasteiger charge is -2.39. The summed E-state index contributed by atoms with van der Waals surface area (Å²) in [5.41, 5.74) is 9.36. The first-order valence-electron chi connectivity index (χ1n) is 35.0. The molecule has 3 amide bonds. The Bertz CT molecular complexity index is 3390. The van der Waals surface area contributed by atoms with Crippen molar-refractivity contribution in [1.29, 1.82) is 0 Å². The van der Waals surface area contributed by atoms with Crippen LogP contribution < -0.4 is 46.6 Å². The third kappa shape index (κ3) is 18.7. The third-order valence-corrected chi connectivity index (χ3v) is 19.9. The fraction of sp³-hybridized carbons (Fsp3) is 0.480. The van der Waals surface area contributed by atoms with E-state index in [0.717, 1.165) is 144 Å². The quantitative estimate of drug-likeness (QED) is 0.0471. The number of carbonyl (C=O) groups is 3. The molecule has 24 heteroatoms. The number of anilines is 6. The third-order valence-electron chi connectivity index (χ3n) is 19.2. The van der Waals surface area contributed by atoms with Crippen LogP contribution in [0.25, 0.3) is 0 Å². The minimum Gasteiger partial charge on any atom is -0.353 e. The van der Waals surface area contributed by atoms with Gasteiger partial charge in [0, 0.05) is 165 Å². The summed E-state index contributed by atoms with van der Waals surface area (Å²) in [5, 5.41) is 22.2. The molecule has 0 saturated carbocycles. The van der Waals surface area contributed by atoms with E-state index in [-0.39, 0.29) is 35.5 Å². The zero-order chi connectivity index (χ0) is 70.6. The second kappa shape index (κ2) is 34.0. The first-order valence-corrected chi connectivity index (χ1v) is 36.1. The average molecular weight is 1410 g/mol. The lowest BCUT2D eigenvalue weighted by Crippen LogP contribution is -2.51. The zero-order valence-electron chi connectivity index (χ0n) is 58.9. The number of benzene rings is 3. The summed E-state index contributed by atoms with van der Waals surface area (Å²) < 4.78 is 0. The van der Waals surface area contributed by atoms with Gasteiger partial charge in [-0.2, -0.15) is 0 Å². The molecular formula is C75H99Cl3N18O3. The zero-order valence-corrected chi connectivity index (χ0v) is 61.2. The Hall–Kier alpha value is -7.92. The van der Waals surface area contributed by atoms with Gasteiger partial charge in [-0.05, 0) is 90.1 Å². The van der Waals surface area contributed by atoms with Gasteiger partial charge in [-0.3, -0.25) is 14.4 Å². The maximum Gasteiger partial charge on any atom is 0.231 e. The van der Waals surface area contributed by atoms with Gasteiger partial charge in [0.15, 0.2) is 0 Å². The summed E-state index contributed by atoms with van der Waals surface area (Å²) in [6.07, 6.45) is 7.45. The van der Waals surface area contributed by atoms with Crippen molar-refractivity contribution in [3.8, 4) is 0 Å². The Morgan fingerprint density at radius 2 is 0.636 bits per heavy atom. The van der Waals surface area contributed by atoms with E-state index in [4.69, 9.17) is 34.8 Å². The molecule has 6 N–H and O–H groups in total. The van der Waals surface area contributed by atoms with E-state index in [0.29, 0.717) is 110 Å². The van der Waals surface area contributed by atoms with Crippen molar-refractivity contribution in [3.05, 3.63) is 177 Å². The van der Waals surface area contributed by atoms with E-state index in [9.17, 15) is 14.4 Å². The number of carbonyl (C=O) groups excluding carboxylic acids is 3. The molecule has 12 rings (SSSR count). The summed E-state index contributed by atoms with van der Waals surface area (Å²) >= 11 is 18.2. The van der Waals surface area contributed by atoms with Crippen LogP contribution in [0, 0.1) is 0 Å². The van der Waals surface area contributed by atoms with Crippen LogP contribution >= 0.6 is 34.8 Å². The highest BCUT2D eigenvalue weighted by Gasteiger charge is 2.36. The van der Waals surface area contributed by atoms with E-state index in [1.54, 1.807) is 19.0 Å². The van der Waals surface area contributed by atoms with Crippen molar-refractivity contribution >= 4 is 87.4 Å². The van der Waals surface area contributed by atoms with Crippen LogP contribution in [0.15, 0.2) is 129 Å². The van der Waals surface area contributed by atoms with Gasteiger partial charge >= 0.3 is 0 Å². The van der Waals surface area contributed by atoms with Crippen molar-refractivity contribution < 1.29 is 14.4 Å². The SMILES string of the molecule is C=C1CC(C)c2c(ncnc2N2CCN(C(=O)[C@H](CNC(C)C)c3ccc(Cl)cc3)CC2)N1.C=C1C[C@@H](C)c2c(ncnc2N2CCN(C(=O)[C@H](CNC(C)C)c3ccc(Cl)cc3)CC2)N1.C=C1C[C@H](C)c2c(ncnc2N2CCN(C(=O)[C@H](CNC(C)C)c3ccc(Cl)cc3)CC2)N1. The number of rotatable bonds is 18. The number of allylic oxidation sites excluding steroid dienone is 3. The molecule has 3 aromatic carbocycles. The number of amides is 3. The maximum absolute atomic E-state index is 13.5. The van der Waals surface area contributed by atoms with Gasteiger partial charge in [-0.1, -0.05) is 153 Å². The van der Waals surface area contributed by atoms with Crippen molar-refractivity contribution in [1.82, 2.24) is 60.6 Å². The molecule has 528 valence electrons. The summed E-state index contributed by atoms with van der Waals surface area (Å²) in [6.45, 7) is 41.6. The van der Waals surface area contributed by atoms with Gasteiger partial charge < -0.3 is 61.3 Å². The molecule has 21 nitrogen and oxygen atoms in total. The number of piperazine rings is 3. The predicted molar refractivity (Wildman–Crippen MR) is 402 cm³/mol. The molecule has 3 fully saturated rings. The molecule has 0 bridgehead atoms. The van der Waals surface area contributed by atoms with Crippen molar-refractivity contribution in [3.63, 3.8) is 0 Å². The van der Waals surface area contributed by atoms with Crippen molar-refractivity contribution in [2.24, 2.45) is 0 Å². The van der Waals surface area contributed by atoms with Gasteiger partial charge in [0.1, 0.15) is 53.9 Å². The van der Waals surface area contributed by atoms with E-state index in [1.807, 2.05) is 87.5 Å². The molecule has 0 spiro atoms. The standard InChI is InChI=1S/3C25H33ClN6O/c3*1-16(2)27-14-21(19-5-7-20(26)8-6-19)25(33)32-11-9-31(10-12-32)24-22-17(3)13-18(4)30-23(22)28-15-29-24/h3*5-8,15-17,21,27H,4,9-14H2,1-3H3,(H,28,29,30)/t17?,21-;17-,21+;17-,21-/m101/s1. The van der Waals surface area contributed by atoms with Crippen LogP contribution in [0.5, 0.6) is 0 Å². The summed E-state index contributed by atoms with van der Waals surface area (Å²) in [5.74, 6) is 6.13. The van der Waals surface area contributed by atoms with Crippen molar-refractivity contribution in [2.75, 3.05) is 129 Å². The van der Waals surface area contributed by atoms with E-state index in [1.165, 1.54) is 0 Å². The minimum atomic E-state index is -0.238. The van der Waals surface area contributed by atoms with Crippen molar-refractivity contribution in [2.45, 2.75) is 135 Å². The van der Waals surface area contributed by atoms with E-state index in [2.05, 4.69) is 159 Å². The van der Waals surface area contributed by atoms with Gasteiger partial charge in [0.2, 0.25) is 17.7 Å². The van der Waals surface area contributed by atoms with Crippen LogP contribution in [0.1, 0.15) is 150 Å². The molecular weight excluding hydrogens is 1310 g/mol. The smallest absolute Gasteiger partial charge is 0.231 e. The Morgan fingerprint density at radius 3 is 0.859 bits per heavy atom. The Balaban J connectivity index is 0.000000161. The van der Waals surface area contributed by atoms with Crippen LogP contribution in [0.4, 0.5) is 34.9 Å². The summed E-state index contributed by atoms with van der Waals surface area (Å²) in [4.78, 5) is 80.6. The minimum absolute atomic E-state index is 0.154. The molecule has 6 atom stereocenters. The topological polar surface area (TPSA) is 220 Å². The summed E-state index contributed by atoms with van der Waals surface area (Å²) in [7, 11) is 0. The van der Waals surface area contributed by atoms with Crippen LogP contribution in [-0.4, -0.2) is 179 Å². The van der Waals surface area contributed by atoms with Crippen LogP contribution in [0.3, 0.4) is 0 Å². The van der Waals surface area contributed by atoms with E-state index >= 15 is 0 Å². The lowest BCUT2D eigenvalue weighted by atomic mass is 9.93. The Morgan fingerprint density at radius 1 is 0.404 bits per heavy atom. The number of hydrogen-bond acceptors (Lipinski definition) is 18. The second-order valence-corrected chi connectivity index (χ2v) is 29.1. The highest BCUT2D eigenvalue weighted by molar-refractivity contribution is 6.31. The number of hydrogen-bond donors (Lipinski definition) is 6. The molecule has 3 aromatic heterocycles. The Kier molecular flexibility index (Phi) is 25.3. The van der Waals surface area contributed by atoms with E-state index < -0.39 is 0 Å². The highest BCUT2D eigenvalue weighted by Crippen LogP contribution is 2.42. The first-order chi connectivity index (χ1) is 47.5. The van der Waals surface area contributed by atoms with Gasteiger partial charge in [-0.15, -0.1) is 0 Å². The maximum atomic E-state index is 13.5. The molecule has 6 aromatic rings. The molecule has 3 saturated heterocycles. The fourth-order valence-electron chi connectivity index (χ4n) is 13.9. The Labute approximate surface area is 600 Å². The van der Waals surface area contributed by atoms with Gasteiger partial charge in [-0.25, -0.2) is 29.9 Å². The summed E-state index contributed by atoms with van der Waals surface area (Å²) in [6, 6.07) is 23.8. The van der Waals surface area contributed by atoms with Crippen LogP contribution in [-0.2, 0) is 14.4 Å². The molecule has 9 heterocycles. The van der Waals surface area contributed by atoms with Gasteiger partial charge in [0.05, 0.1) is 17.8 Å². The number of nitrogens with zero attached hydrogens (tertiary/aromatic N) is 12. The average Bonchev–Trinajstić information content (AvgIpc) is 0.793. The normalized spacial score (nSPS) is 19.3. The molecule has 0 aliphatic carbocycles. The number of fused-ring (bicyclic) bond motifs is 3. The largest absolute Gasteiger partial charge is 0.353 e. The monoisotopic (exact) mass is 1400 g/mol. The number of halogens is 3. The lowest BCUT2D eigenvalue weighted by molar-refractivity contribution is -0.133. The number of nitrogens with one attached hydrogen (secondary N) is 6. The first kappa shape index (κ1) is 73.8. The fourth-order valence-corrected chi connectivity index (χ4v) is 14.3. The van der Waals surface area contributed by atoms with Crippen LogP contribution in [0.2, 0.25) is 15.1 Å². The number of aromatic nitrogens is 6. The molecule has 0 radical (unpaired) electrons. The molecule has 99 heavy (non-hydrogen) atoms. The molecule has 1 unspecified atom stereocenters. The van der Waals surface area contributed by atoms with Gasteiger partial charge in [0.25, 0.3) is 0 Å². The molecule has 6 aliphatic rings. The molecule has 6 aliphatic heterocycles.